The van der Waals surface area contributed by atoms with E-state index in [0.29, 0.717) is 12.6 Å². The second-order valence-electron chi connectivity index (χ2n) is 4.69. The van der Waals surface area contributed by atoms with Gasteiger partial charge < -0.3 is 10.0 Å². The Morgan fingerprint density at radius 2 is 2.31 bits per heavy atom. The van der Waals surface area contributed by atoms with E-state index < -0.39 is 0 Å². The molecule has 2 heteroatoms. The van der Waals surface area contributed by atoms with Crippen LogP contribution in [-0.4, -0.2) is 24.3 Å². The SMILES string of the molecule is Cc1cccc(N2CCCC2CCCO)c1. The number of aliphatic hydroxyl groups is 1. The third-order valence-corrected chi connectivity index (χ3v) is 3.41. The number of benzene rings is 1. The largest absolute Gasteiger partial charge is 0.396 e. The summed E-state index contributed by atoms with van der Waals surface area (Å²) in [5.41, 5.74) is 2.67. The van der Waals surface area contributed by atoms with Crippen molar-refractivity contribution in [2.45, 2.75) is 38.6 Å². The quantitative estimate of drug-likeness (QED) is 0.841. The number of anilines is 1. The van der Waals surface area contributed by atoms with Crippen LogP contribution in [0.4, 0.5) is 5.69 Å². The number of hydrogen-bond acceptors (Lipinski definition) is 2. The Kier molecular flexibility index (Phi) is 3.83. The summed E-state index contributed by atoms with van der Waals surface area (Å²) in [5.74, 6) is 0. The van der Waals surface area contributed by atoms with Crippen molar-refractivity contribution >= 4 is 5.69 Å². The van der Waals surface area contributed by atoms with Crippen LogP contribution in [0.5, 0.6) is 0 Å². The summed E-state index contributed by atoms with van der Waals surface area (Å²) in [5, 5.41) is 8.91. The fourth-order valence-electron chi connectivity index (χ4n) is 2.61. The van der Waals surface area contributed by atoms with Crippen molar-refractivity contribution in [1.29, 1.82) is 0 Å². The van der Waals surface area contributed by atoms with Crippen LogP contribution in [0.15, 0.2) is 24.3 Å². The molecule has 0 radical (unpaired) electrons. The standard InChI is InChI=1S/C14H21NO/c1-12-5-2-6-14(11-12)15-9-3-7-13(15)8-4-10-16/h2,5-6,11,13,16H,3-4,7-10H2,1H3. The molecule has 0 aromatic heterocycles. The van der Waals surface area contributed by atoms with E-state index in [2.05, 4.69) is 36.1 Å². The number of rotatable bonds is 4. The van der Waals surface area contributed by atoms with Crippen LogP contribution in [0.3, 0.4) is 0 Å². The van der Waals surface area contributed by atoms with Gasteiger partial charge >= 0.3 is 0 Å². The minimum absolute atomic E-state index is 0.318. The van der Waals surface area contributed by atoms with E-state index in [9.17, 15) is 0 Å². The lowest BCUT2D eigenvalue weighted by atomic mass is 10.1. The van der Waals surface area contributed by atoms with Crippen LogP contribution in [0.2, 0.25) is 0 Å². The van der Waals surface area contributed by atoms with Gasteiger partial charge in [-0.1, -0.05) is 12.1 Å². The topological polar surface area (TPSA) is 23.5 Å². The highest BCUT2D eigenvalue weighted by Crippen LogP contribution is 2.28. The number of nitrogens with zero attached hydrogens (tertiary/aromatic N) is 1. The molecule has 0 aliphatic carbocycles. The first-order valence-electron chi connectivity index (χ1n) is 6.25. The molecule has 0 saturated carbocycles. The van der Waals surface area contributed by atoms with E-state index >= 15 is 0 Å². The molecule has 1 saturated heterocycles. The lowest BCUT2D eigenvalue weighted by Gasteiger charge is -2.27. The zero-order valence-corrected chi connectivity index (χ0v) is 10.0. The Labute approximate surface area is 97.9 Å². The fourth-order valence-corrected chi connectivity index (χ4v) is 2.61. The van der Waals surface area contributed by atoms with Crippen molar-refractivity contribution in [2.75, 3.05) is 18.1 Å². The van der Waals surface area contributed by atoms with Crippen molar-refractivity contribution in [3.63, 3.8) is 0 Å². The van der Waals surface area contributed by atoms with Gasteiger partial charge in [-0.3, -0.25) is 0 Å². The summed E-state index contributed by atoms with van der Waals surface area (Å²) in [6.07, 6.45) is 4.59. The van der Waals surface area contributed by atoms with Crippen LogP contribution >= 0.6 is 0 Å². The van der Waals surface area contributed by atoms with Crippen LogP contribution in [0, 0.1) is 6.92 Å². The summed E-state index contributed by atoms with van der Waals surface area (Å²) in [6, 6.07) is 9.37. The molecule has 1 N–H and O–H groups in total. The summed E-state index contributed by atoms with van der Waals surface area (Å²) in [7, 11) is 0. The van der Waals surface area contributed by atoms with Crippen molar-refractivity contribution in [3.05, 3.63) is 29.8 Å². The molecule has 1 unspecified atom stereocenters. The maximum absolute atomic E-state index is 8.91. The molecule has 1 fully saturated rings. The van der Waals surface area contributed by atoms with Crippen molar-refractivity contribution < 1.29 is 5.11 Å². The summed E-state index contributed by atoms with van der Waals surface area (Å²) < 4.78 is 0. The van der Waals surface area contributed by atoms with E-state index in [4.69, 9.17) is 5.11 Å². The maximum atomic E-state index is 8.91. The van der Waals surface area contributed by atoms with Gasteiger partial charge in [0.2, 0.25) is 0 Å². The van der Waals surface area contributed by atoms with Crippen molar-refractivity contribution in [3.8, 4) is 0 Å². The van der Waals surface area contributed by atoms with Gasteiger partial charge in [0.05, 0.1) is 0 Å². The molecule has 1 heterocycles. The predicted octanol–water partition coefficient (Wildman–Crippen LogP) is 2.74. The minimum atomic E-state index is 0.318. The van der Waals surface area contributed by atoms with Crippen LogP contribution in [0.25, 0.3) is 0 Å². The number of aliphatic hydroxyl groups excluding tert-OH is 1. The first-order valence-corrected chi connectivity index (χ1v) is 6.25. The van der Waals surface area contributed by atoms with Gasteiger partial charge in [-0.15, -0.1) is 0 Å². The van der Waals surface area contributed by atoms with Gasteiger partial charge in [-0.25, -0.2) is 0 Å². The van der Waals surface area contributed by atoms with E-state index in [1.807, 2.05) is 0 Å². The zero-order valence-electron chi connectivity index (χ0n) is 10.0. The zero-order chi connectivity index (χ0) is 11.4. The third kappa shape index (κ3) is 2.56. The average Bonchev–Trinajstić information content (AvgIpc) is 2.74. The van der Waals surface area contributed by atoms with Crippen molar-refractivity contribution in [1.82, 2.24) is 0 Å². The van der Waals surface area contributed by atoms with Crippen LogP contribution in [-0.2, 0) is 0 Å². The van der Waals surface area contributed by atoms with E-state index in [1.165, 1.54) is 30.6 Å². The summed E-state index contributed by atoms with van der Waals surface area (Å²) in [6.45, 7) is 3.63. The monoisotopic (exact) mass is 219 g/mol. The third-order valence-electron chi connectivity index (χ3n) is 3.41. The van der Waals surface area contributed by atoms with Gasteiger partial charge in [0.15, 0.2) is 0 Å². The molecule has 1 aliphatic heterocycles. The Bertz CT molecular complexity index is 337. The lowest BCUT2D eigenvalue weighted by molar-refractivity contribution is 0.279. The van der Waals surface area contributed by atoms with Crippen molar-refractivity contribution in [2.24, 2.45) is 0 Å². The van der Waals surface area contributed by atoms with Crippen LogP contribution < -0.4 is 4.90 Å². The summed E-state index contributed by atoms with van der Waals surface area (Å²) in [4.78, 5) is 2.50. The number of aryl methyl sites for hydroxylation is 1. The fraction of sp³-hybridized carbons (Fsp3) is 0.571. The first kappa shape index (κ1) is 11.5. The molecular formula is C14H21NO. The van der Waals surface area contributed by atoms with Gasteiger partial charge in [0.25, 0.3) is 0 Å². The van der Waals surface area contributed by atoms with Gasteiger partial charge in [-0.2, -0.15) is 0 Å². The molecule has 1 aliphatic rings. The lowest BCUT2D eigenvalue weighted by Crippen LogP contribution is -2.29. The highest BCUT2D eigenvalue weighted by Gasteiger charge is 2.23. The molecule has 0 amide bonds. The highest BCUT2D eigenvalue weighted by atomic mass is 16.2. The molecule has 16 heavy (non-hydrogen) atoms. The molecule has 1 aromatic carbocycles. The molecule has 88 valence electrons. The maximum Gasteiger partial charge on any atom is 0.0431 e. The van der Waals surface area contributed by atoms with Gasteiger partial charge in [0.1, 0.15) is 0 Å². The Morgan fingerprint density at radius 3 is 3.06 bits per heavy atom. The molecular weight excluding hydrogens is 198 g/mol. The van der Waals surface area contributed by atoms with Crippen LogP contribution in [0.1, 0.15) is 31.2 Å². The highest BCUT2D eigenvalue weighted by molar-refractivity contribution is 5.50. The average molecular weight is 219 g/mol. The number of hydrogen-bond donors (Lipinski definition) is 1. The predicted molar refractivity (Wildman–Crippen MR) is 67.9 cm³/mol. The Balaban J connectivity index is 2.07. The van der Waals surface area contributed by atoms with Gasteiger partial charge in [-0.05, 0) is 50.3 Å². The Morgan fingerprint density at radius 1 is 1.44 bits per heavy atom. The second kappa shape index (κ2) is 5.35. The smallest absolute Gasteiger partial charge is 0.0431 e. The second-order valence-corrected chi connectivity index (χ2v) is 4.69. The first-order chi connectivity index (χ1) is 7.81. The molecule has 1 aromatic rings. The van der Waals surface area contributed by atoms with E-state index in [-0.39, 0.29) is 0 Å². The molecule has 0 spiro atoms. The minimum Gasteiger partial charge on any atom is -0.396 e. The summed E-state index contributed by atoms with van der Waals surface area (Å²) >= 11 is 0. The van der Waals surface area contributed by atoms with Gasteiger partial charge in [0, 0.05) is 24.9 Å². The van der Waals surface area contributed by atoms with E-state index in [1.54, 1.807) is 0 Å². The normalized spacial score (nSPS) is 20.4. The molecule has 2 rings (SSSR count). The Hall–Kier alpha value is -1.02. The molecule has 2 nitrogen and oxygen atoms in total. The molecule has 1 atom stereocenters. The van der Waals surface area contributed by atoms with E-state index in [0.717, 1.165) is 12.8 Å². The molecule has 0 bridgehead atoms.